The number of ether oxygens (including phenoxy) is 1. The van der Waals surface area contributed by atoms with Gasteiger partial charge in [-0.3, -0.25) is 0 Å². The van der Waals surface area contributed by atoms with Crippen LogP contribution in [0.2, 0.25) is 0 Å². The minimum absolute atomic E-state index is 0.0301. The van der Waals surface area contributed by atoms with Crippen molar-refractivity contribution < 1.29 is 9.84 Å². The minimum Gasteiger partial charge on any atom is -0.391 e. The Bertz CT molecular complexity index is 225. The molecule has 0 amide bonds. The molecule has 0 saturated carbocycles. The van der Waals surface area contributed by atoms with Crippen molar-refractivity contribution in [3.05, 3.63) is 12.2 Å². The molecule has 12 heavy (non-hydrogen) atoms. The van der Waals surface area contributed by atoms with E-state index in [1.54, 1.807) is 0 Å². The molecule has 2 rings (SSSR count). The first-order valence-corrected chi connectivity index (χ1v) is 5.11. The lowest BCUT2D eigenvalue weighted by molar-refractivity contribution is -0.121. The van der Waals surface area contributed by atoms with Crippen molar-refractivity contribution in [2.24, 2.45) is 5.41 Å². The summed E-state index contributed by atoms with van der Waals surface area (Å²) in [5.41, 5.74) is -0.183. The van der Waals surface area contributed by atoms with Gasteiger partial charge < -0.3 is 9.84 Å². The van der Waals surface area contributed by atoms with Crippen molar-refractivity contribution >= 4 is 15.9 Å². The number of hydrogen-bond donors (Lipinski definition) is 1. The third-order valence-corrected chi connectivity index (χ3v) is 3.91. The van der Waals surface area contributed by atoms with E-state index < -0.39 is 0 Å². The predicted octanol–water partition coefficient (Wildman–Crippen LogP) is 1.47. The number of aliphatic hydroxyl groups excluding tert-OH is 1. The average molecular weight is 233 g/mol. The van der Waals surface area contributed by atoms with Gasteiger partial charge in [-0.2, -0.15) is 0 Å². The van der Waals surface area contributed by atoms with Gasteiger partial charge in [0.05, 0.1) is 23.1 Å². The second-order valence-corrected chi connectivity index (χ2v) is 5.17. The second kappa shape index (κ2) is 2.56. The van der Waals surface area contributed by atoms with Crippen molar-refractivity contribution in [3.8, 4) is 0 Å². The number of hydrogen-bond acceptors (Lipinski definition) is 2. The molecule has 0 radical (unpaired) electrons. The minimum atomic E-state index is -0.337. The lowest BCUT2D eigenvalue weighted by atomic mass is 9.78. The van der Waals surface area contributed by atoms with Crippen LogP contribution in [0.4, 0.5) is 0 Å². The first kappa shape index (κ1) is 8.73. The fraction of sp³-hybridized carbons (Fsp3) is 0.778. The largest absolute Gasteiger partial charge is 0.391 e. The van der Waals surface area contributed by atoms with Gasteiger partial charge in [0.25, 0.3) is 0 Å². The Morgan fingerprint density at radius 3 is 2.75 bits per heavy atom. The van der Waals surface area contributed by atoms with Gasteiger partial charge in [-0.05, 0) is 0 Å². The summed E-state index contributed by atoms with van der Waals surface area (Å²) in [6, 6.07) is 0. The van der Waals surface area contributed by atoms with Crippen molar-refractivity contribution in [1.82, 2.24) is 0 Å². The zero-order valence-electron chi connectivity index (χ0n) is 7.20. The second-order valence-electron chi connectivity index (χ2n) is 4.12. The Morgan fingerprint density at radius 1 is 1.42 bits per heavy atom. The van der Waals surface area contributed by atoms with Crippen molar-refractivity contribution in [3.63, 3.8) is 0 Å². The van der Waals surface area contributed by atoms with Gasteiger partial charge >= 0.3 is 0 Å². The van der Waals surface area contributed by atoms with E-state index in [2.05, 4.69) is 22.0 Å². The van der Waals surface area contributed by atoms with Crippen LogP contribution in [-0.4, -0.2) is 28.2 Å². The molecular formula is C9H13BrO2. The Labute approximate surface area is 80.7 Å². The van der Waals surface area contributed by atoms with Crippen LogP contribution >= 0.6 is 15.9 Å². The number of aliphatic hydroxyl groups is 1. The first-order valence-electron chi connectivity index (χ1n) is 4.19. The van der Waals surface area contributed by atoms with E-state index in [1.807, 2.05) is 19.9 Å². The summed E-state index contributed by atoms with van der Waals surface area (Å²) in [5, 5.41) is 9.92. The highest BCUT2D eigenvalue weighted by Gasteiger charge is 2.50. The van der Waals surface area contributed by atoms with Crippen LogP contribution in [-0.2, 0) is 4.74 Å². The number of halogens is 1. The van der Waals surface area contributed by atoms with E-state index in [4.69, 9.17) is 4.74 Å². The van der Waals surface area contributed by atoms with Gasteiger partial charge in [0.2, 0.25) is 0 Å². The van der Waals surface area contributed by atoms with E-state index in [-0.39, 0.29) is 28.6 Å². The molecule has 2 aliphatic heterocycles. The molecule has 2 aliphatic rings. The molecule has 1 fully saturated rings. The Hall–Kier alpha value is 0.140. The zero-order chi connectivity index (χ0) is 8.93. The van der Waals surface area contributed by atoms with Gasteiger partial charge in [-0.25, -0.2) is 0 Å². The quantitative estimate of drug-likeness (QED) is 0.507. The van der Waals surface area contributed by atoms with Crippen molar-refractivity contribution in [2.45, 2.75) is 37.0 Å². The highest BCUT2D eigenvalue weighted by Crippen LogP contribution is 2.43. The summed E-state index contributed by atoms with van der Waals surface area (Å²) in [6.45, 7) is 4.06. The maximum Gasteiger partial charge on any atom is 0.0915 e. The van der Waals surface area contributed by atoms with E-state index in [0.717, 1.165) is 0 Å². The normalized spacial score (nSPS) is 49.7. The van der Waals surface area contributed by atoms with Gasteiger partial charge in [-0.15, -0.1) is 0 Å². The van der Waals surface area contributed by atoms with Crippen LogP contribution in [0, 0.1) is 5.41 Å². The molecule has 2 bridgehead atoms. The molecule has 1 saturated heterocycles. The fourth-order valence-electron chi connectivity index (χ4n) is 1.83. The van der Waals surface area contributed by atoms with E-state index >= 15 is 0 Å². The fourth-order valence-corrected chi connectivity index (χ4v) is 2.82. The summed E-state index contributed by atoms with van der Waals surface area (Å²) < 4.78 is 5.68. The molecule has 1 N–H and O–H groups in total. The van der Waals surface area contributed by atoms with Crippen molar-refractivity contribution in [1.29, 1.82) is 0 Å². The van der Waals surface area contributed by atoms with Gasteiger partial charge in [0.1, 0.15) is 0 Å². The van der Waals surface area contributed by atoms with Crippen LogP contribution < -0.4 is 0 Å². The van der Waals surface area contributed by atoms with Crippen molar-refractivity contribution in [2.75, 3.05) is 0 Å². The summed E-state index contributed by atoms with van der Waals surface area (Å²) in [6.07, 6.45) is 3.87. The zero-order valence-corrected chi connectivity index (χ0v) is 8.78. The Morgan fingerprint density at radius 2 is 2.08 bits per heavy atom. The SMILES string of the molecule is CC1(C)[C@@H]2C=C[C@@H](O2)[C@@H](Br)[C@H]1O. The summed E-state index contributed by atoms with van der Waals surface area (Å²) >= 11 is 3.46. The molecule has 0 aromatic heterocycles. The van der Waals surface area contributed by atoms with Crippen LogP contribution in [0.1, 0.15) is 13.8 Å². The van der Waals surface area contributed by atoms with Crippen LogP contribution in [0.5, 0.6) is 0 Å². The third kappa shape index (κ3) is 0.998. The number of fused-ring (bicyclic) bond motifs is 2. The lowest BCUT2D eigenvalue weighted by Crippen LogP contribution is -2.53. The summed E-state index contributed by atoms with van der Waals surface area (Å²) in [4.78, 5) is 0.0301. The van der Waals surface area contributed by atoms with Gasteiger partial charge in [0, 0.05) is 5.41 Å². The Kier molecular flexibility index (Phi) is 1.86. The molecule has 0 aromatic carbocycles. The van der Waals surface area contributed by atoms with Crippen LogP contribution in [0.3, 0.4) is 0 Å². The average Bonchev–Trinajstić information content (AvgIpc) is 2.46. The maximum absolute atomic E-state index is 9.92. The third-order valence-electron chi connectivity index (χ3n) is 2.89. The Balaban J connectivity index is 2.32. The number of rotatable bonds is 0. The van der Waals surface area contributed by atoms with E-state index in [1.165, 1.54) is 0 Å². The van der Waals surface area contributed by atoms with Crippen LogP contribution in [0.15, 0.2) is 12.2 Å². The number of alkyl halides is 1. The molecule has 0 unspecified atom stereocenters. The molecule has 3 heteroatoms. The lowest BCUT2D eigenvalue weighted by Gasteiger charge is -2.43. The van der Waals surface area contributed by atoms with E-state index in [0.29, 0.717) is 0 Å². The smallest absolute Gasteiger partial charge is 0.0915 e. The van der Waals surface area contributed by atoms with Crippen LogP contribution in [0.25, 0.3) is 0 Å². The topological polar surface area (TPSA) is 29.5 Å². The molecule has 0 spiro atoms. The van der Waals surface area contributed by atoms with Gasteiger partial charge in [-0.1, -0.05) is 41.9 Å². The van der Waals surface area contributed by atoms with E-state index in [9.17, 15) is 5.11 Å². The highest BCUT2D eigenvalue weighted by atomic mass is 79.9. The molecule has 0 aromatic rings. The van der Waals surface area contributed by atoms with Gasteiger partial charge in [0.15, 0.2) is 0 Å². The molecule has 4 atom stereocenters. The summed E-state index contributed by atoms with van der Waals surface area (Å²) in [7, 11) is 0. The monoisotopic (exact) mass is 232 g/mol. The summed E-state index contributed by atoms with van der Waals surface area (Å²) in [5.74, 6) is 0. The first-order chi connectivity index (χ1) is 5.53. The molecule has 2 heterocycles. The molecule has 2 nitrogen and oxygen atoms in total. The highest BCUT2D eigenvalue weighted by molar-refractivity contribution is 9.09. The molecule has 68 valence electrons. The molecular weight excluding hydrogens is 220 g/mol. The molecule has 0 aliphatic carbocycles. The standard InChI is InChI=1S/C9H13BrO2/c1-9(2)6-4-3-5(12-6)7(10)8(9)11/h3-8,11H,1-2H3/t5-,6+,7-,8-/m1/s1. The predicted molar refractivity (Wildman–Crippen MR) is 50.3 cm³/mol. The maximum atomic E-state index is 9.92.